The number of esters is 1. The van der Waals surface area contributed by atoms with Crippen LogP contribution in [0.3, 0.4) is 0 Å². The van der Waals surface area contributed by atoms with E-state index >= 15 is 0 Å². The zero-order valence-electron chi connectivity index (χ0n) is 33.3. The fourth-order valence-corrected chi connectivity index (χ4v) is 6.82. The number of nitrogens with zero attached hydrogens (tertiary/aromatic N) is 3. The Bertz CT molecular complexity index is 2000. The molecular weight excluding hydrogens is 716 g/mol. The maximum Gasteiger partial charge on any atom is 0.410 e. The molecule has 1 N–H and O–H groups in total. The predicted octanol–water partition coefficient (Wildman–Crippen LogP) is 7.50. The molecule has 1 fully saturated rings. The lowest BCUT2D eigenvalue weighted by Gasteiger charge is -2.49. The Balaban J connectivity index is 1.40. The first-order chi connectivity index (χ1) is 26.6. The van der Waals surface area contributed by atoms with E-state index in [4.69, 9.17) is 14.2 Å². The third kappa shape index (κ3) is 10.2. The lowest BCUT2D eigenvalue weighted by Crippen LogP contribution is -2.67. The highest BCUT2D eigenvalue weighted by molar-refractivity contribution is 6.06. The summed E-state index contributed by atoms with van der Waals surface area (Å²) < 4.78 is 32.2. The van der Waals surface area contributed by atoms with E-state index in [9.17, 15) is 23.6 Å². The number of halogens is 1. The topological polar surface area (TPSA) is 127 Å². The highest BCUT2D eigenvalue weighted by Crippen LogP contribution is 2.39. The number of carbonyl (C=O) groups excluding carboxylic acids is 4. The van der Waals surface area contributed by atoms with Gasteiger partial charge in [0.25, 0.3) is 0 Å². The molecule has 1 heterocycles. The molecule has 12 heteroatoms. The molecule has 3 aromatic carbocycles. The fourth-order valence-electron chi connectivity index (χ4n) is 6.82. The highest BCUT2D eigenvalue weighted by Gasteiger charge is 2.51. The molecule has 0 bridgehead atoms. The molecular formula is C44H53FN4O7. The Kier molecular flexibility index (Phi) is 13.4. The number of rotatable bonds is 15. The zero-order valence-corrected chi connectivity index (χ0v) is 33.3. The molecule has 1 aliphatic rings. The van der Waals surface area contributed by atoms with Gasteiger partial charge in [-0.25, -0.2) is 14.0 Å². The van der Waals surface area contributed by atoms with E-state index in [2.05, 4.69) is 10.3 Å². The molecule has 298 valence electrons. The largest absolute Gasteiger partial charge is 0.489 e. The van der Waals surface area contributed by atoms with Crippen LogP contribution in [0.25, 0.3) is 10.9 Å². The Labute approximate surface area is 328 Å². The molecule has 3 amide bonds. The smallest absolute Gasteiger partial charge is 0.410 e. The van der Waals surface area contributed by atoms with Crippen LogP contribution in [0.5, 0.6) is 5.75 Å². The molecule has 1 saturated carbocycles. The van der Waals surface area contributed by atoms with Crippen molar-refractivity contribution in [2.45, 2.75) is 96.6 Å². The van der Waals surface area contributed by atoms with Crippen molar-refractivity contribution in [3.8, 4) is 5.75 Å². The summed E-state index contributed by atoms with van der Waals surface area (Å²) in [6, 6.07) is 21.2. The Morgan fingerprint density at radius 2 is 1.57 bits per heavy atom. The van der Waals surface area contributed by atoms with E-state index < -0.39 is 41.1 Å². The third-order valence-corrected chi connectivity index (χ3v) is 10.0. The minimum Gasteiger partial charge on any atom is -0.489 e. The second kappa shape index (κ2) is 18.0. The van der Waals surface area contributed by atoms with E-state index in [1.165, 1.54) is 34.2 Å². The van der Waals surface area contributed by atoms with Gasteiger partial charge in [-0.3, -0.25) is 19.5 Å². The normalized spacial score (nSPS) is 14.6. The molecule has 1 aromatic heterocycles. The standard InChI is InChI=1S/C44H53FN4O7/c1-29(2)23-36(48(6)42(53)56-43(3,4)5)39(50)49(7)44(21-14-22-44)41(52)47-33(24-30-15-10-8-11-16-30)28-54-37-26-46-35-20-19-32(45)25-34(35)38(37)40(51)55-27-31-17-12-9-13-18-31/h8-13,15-20,25-26,29,33,36H,14,21-24,27-28H2,1-7H3,(H,47,52). The van der Waals surface area contributed by atoms with E-state index in [1.54, 1.807) is 34.9 Å². The second-order valence-corrected chi connectivity index (χ2v) is 15.9. The molecule has 56 heavy (non-hydrogen) atoms. The van der Waals surface area contributed by atoms with Crippen LogP contribution in [0.2, 0.25) is 0 Å². The van der Waals surface area contributed by atoms with Crippen molar-refractivity contribution >= 4 is 34.8 Å². The van der Waals surface area contributed by atoms with Crippen LogP contribution >= 0.6 is 0 Å². The van der Waals surface area contributed by atoms with Crippen molar-refractivity contribution in [3.63, 3.8) is 0 Å². The fraction of sp³-hybridized carbons (Fsp3) is 0.432. The summed E-state index contributed by atoms with van der Waals surface area (Å²) in [5.74, 6) is -1.84. The lowest BCUT2D eigenvalue weighted by molar-refractivity contribution is -0.155. The summed E-state index contributed by atoms with van der Waals surface area (Å²) in [6.07, 6.45) is 3.12. The van der Waals surface area contributed by atoms with Crippen LogP contribution in [-0.4, -0.2) is 82.6 Å². The van der Waals surface area contributed by atoms with Gasteiger partial charge < -0.3 is 24.4 Å². The van der Waals surface area contributed by atoms with Crippen LogP contribution in [0.1, 0.15) is 81.8 Å². The van der Waals surface area contributed by atoms with Gasteiger partial charge in [0, 0.05) is 19.5 Å². The molecule has 2 unspecified atom stereocenters. The van der Waals surface area contributed by atoms with Gasteiger partial charge in [-0.2, -0.15) is 0 Å². The minimum absolute atomic E-state index is 0.00908. The average Bonchev–Trinajstić information content (AvgIpc) is 3.13. The number of likely N-dealkylation sites (N-methyl/N-ethyl adjacent to an activating group) is 2. The van der Waals surface area contributed by atoms with Gasteiger partial charge in [0.1, 0.15) is 41.8 Å². The first-order valence-corrected chi connectivity index (χ1v) is 19.1. The number of hydrogen-bond acceptors (Lipinski definition) is 8. The number of nitrogens with one attached hydrogen (secondary N) is 1. The number of aromatic nitrogens is 1. The number of ether oxygens (including phenoxy) is 3. The average molecular weight is 769 g/mol. The number of amides is 3. The van der Waals surface area contributed by atoms with Crippen LogP contribution in [0.4, 0.5) is 9.18 Å². The Morgan fingerprint density at radius 3 is 2.16 bits per heavy atom. The van der Waals surface area contributed by atoms with Crippen LogP contribution < -0.4 is 10.1 Å². The van der Waals surface area contributed by atoms with Crippen molar-refractivity contribution < 1.29 is 37.8 Å². The minimum atomic E-state index is -1.16. The Hall–Kier alpha value is -5.52. The van der Waals surface area contributed by atoms with Gasteiger partial charge in [0.15, 0.2) is 5.75 Å². The quantitative estimate of drug-likeness (QED) is 0.123. The molecule has 0 spiro atoms. The van der Waals surface area contributed by atoms with Gasteiger partial charge in [0.2, 0.25) is 11.8 Å². The zero-order chi connectivity index (χ0) is 40.6. The molecule has 2 atom stereocenters. The van der Waals surface area contributed by atoms with Crippen molar-refractivity contribution in [1.29, 1.82) is 0 Å². The van der Waals surface area contributed by atoms with Crippen molar-refractivity contribution in [2.24, 2.45) is 5.92 Å². The number of pyridine rings is 1. The van der Waals surface area contributed by atoms with Crippen molar-refractivity contribution in [1.82, 2.24) is 20.1 Å². The van der Waals surface area contributed by atoms with Gasteiger partial charge in [-0.15, -0.1) is 0 Å². The molecule has 0 radical (unpaired) electrons. The van der Waals surface area contributed by atoms with Crippen LogP contribution in [0.15, 0.2) is 85.1 Å². The number of hydrogen-bond donors (Lipinski definition) is 1. The predicted molar refractivity (Wildman–Crippen MR) is 211 cm³/mol. The Morgan fingerprint density at radius 1 is 0.929 bits per heavy atom. The summed E-state index contributed by atoms with van der Waals surface area (Å²) in [7, 11) is 3.17. The molecule has 0 aliphatic heterocycles. The second-order valence-electron chi connectivity index (χ2n) is 15.9. The van der Waals surface area contributed by atoms with Crippen molar-refractivity contribution in [2.75, 3.05) is 20.7 Å². The van der Waals surface area contributed by atoms with E-state index in [-0.39, 0.29) is 47.6 Å². The van der Waals surface area contributed by atoms with E-state index in [1.807, 2.05) is 74.5 Å². The summed E-state index contributed by atoms with van der Waals surface area (Å²) in [5.41, 5.74) is 0.179. The van der Waals surface area contributed by atoms with Gasteiger partial charge >= 0.3 is 12.1 Å². The summed E-state index contributed by atoms with van der Waals surface area (Å²) in [5, 5.41) is 3.39. The monoisotopic (exact) mass is 768 g/mol. The highest BCUT2D eigenvalue weighted by atomic mass is 19.1. The lowest BCUT2D eigenvalue weighted by atomic mass is 9.74. The van der Waals surface area contributed by atoms with E-state index in [0.29, 0.717) is 31.2 Å². The van der Waals surface area contributed by atoms with Gasteiger partial charge in [-0.1, -0.05) is 74.5 Å². The first kappa shape index (κ1) is 41.6. The van der Waals surface area contributed by atoms with Crippen molar-refractivity contribution in [3.05, 3.63) is 108 Å². The maximum atomic E-state index is 14.6. The SMILES string of the molecule is CC(C)CC(C(=O)N(C)C1(C(=O)NC(COc2cnc3ccc(F)cc3c2C(=O)OCc2ccccc2)Cc2ccccc2)CCC1)N(C)C(=O)OC(C)(C)C. The molecule has 4 aromatic rings. The molecule has 5 rings (SSSR count). The number of benzene rings is 3. The van der Waals surface area contributed by atoms with Crippen LogP contribution in [-0.2, 0) is 32.1 Å². The summed E-state index contributed by atoms with van der Waals surface area (Å²) in [6.45, 7) is 9.14. The van der Waals surface area contributed by atoms with E-state index in [0.717, 1.165) is 17.5 Å². The molecule has 1 aliphatic carbocycles. The van der Waals surface area contributed by atoms with Crippen LogP contribution in [0, 0.1) is 11.7 Å². The van der Waals surface area contributed by atoms with Gasteiger partial charge in [-0.05, 0) is 88.1 Å². The maximum absolute atomic E-state index is 14.6. The summed E-state index contributed by atoms with van der Waals surface area (Å²) >= 11 is 0. The molecule has 0 saturated heterocycles. The molecule has 11 nitrogen and oxygen atoms in total. The summed E-state index contributed by atoms with van der Waals surface area (Å²) in [4.78, 5) is 62.8. The van der Waals surface area contributed by atoms with Gasteiger partial charge in [0.05, 0.1) is 17.8 Å². The number of fused-ring (bicyclic) bond motifs is 1. The number of carbonyl (C=O) groups is 4. The first-order valence-electron chi connectivity index (χ1n) is 19.1. The third-order valence-electron chi connectivity index (χ3n) is 10.0.